The summed E-state index contributed by atoms with van der Waals surface area (Å²) in [5.41, 5.74) is 1.58. The van der Waals surface area contributed by atoms with E-state index in [0.29, 0.717) is 11.6 Å². The minimum atomic E-state index is -1.03. The van der Waals surface area contributed by atoms with Crippen molar-refractivity contribution in [1.29, 1.82) is 0 Å². The van der Waals surface area contributed by atoms with Gasteiger partial charge in [-0.15, -0.1) is 0 Å². The van der Waals surface area contributed by atoms with Gasteiger partial charge >= 0.3 is 12.0 Å². The Bertz CT molecular complexity index is 776. The van der Waals surface area contributed by atoms with Crippen LogP contribution in [-0.2, 0) is 16.6 Å². The Morgan fingerprint density at radius 1 is 1.11 bits per heavy atom. The molecule has 0 aliphatic heterocycles. The summed E-state index contributed by atoms with van der Waals surface area (Å²) < 4.78 is 0. The number of amides is 2. The Morgan fingerprint density at radius 3 is 2.26 bits per heavy atom. The molecule has 0 spiro atoms. The standard InChI is InChI=1S/C21H25ClN2O3/c1-21(2,16-9-11-17(22)12-10-16)14-23-20(27)24(3)18(19(25)26)13-15-7-5-4-6-8-15/h4-12,18H,13-14H2,1-3H3,(H,23,27)(H,25,26)/t18-/m1/s1. The van der Waals surface area contributed by atoms with Gasteiger partial charge in [-0.05, 0) is 23.3 Å². The first-order valence-electron chi connectivity index (χ1n) is 8.74. The summed E-state index contributed by atoms with van der Waals surface area (Å²) in [6.07, 6.45) is 0.251. The van der Waals surface area contributed by atoms with Crippen LogP contribution in [0.25, 0.3) is 0 Å². The number of halogens is 1. The molecule has 2 rings (SSSR count). The van der Waals surface area contributed by atoms with E-state index in [1.807, 2.05) is 68.4 Å². The van der Waals surface area contributed by atoms with Gasteiger partial charge in [0.15, 0.2) is 0 Å². The van der Waals surface area contributed by atoms with Crippen LogP contribution in [0.2, 0.25) is 5.02 Å². The predicted octanol–water partition coefficient (Wildman–Crippen LogP) is 3.95. The van der Waals surface area contributed by atoms with Crippen LogP contribution in [0.4, 0.5) is 4.79 Å². The Labute approximate surface area is 165 Å². The molecule has 0 radical (unpaired) electrons. The average molecular weight is 389 g/mol. The van der Waals surface area contributed by atoms with Crippen molar-refractivity contribution in [3.8, 4) is 0 Å². The van der Waals surface area contributed by atoms with Crippen LogP contribution in [0, 0.1) is 0 Å². The van der Waals surface area contributed by atoms with E-state index < -0.39 is 18.0 Å². The largest absolute Gasteiger partial charge is 0.480 e. The molecule has 0 saturated carbocycles. The maximum atomic E-state index is 12.5. The number of nitrogens with zero attached hydrogens (tertiary/aromatic N) is 1. The SMILES string of the molecule is CN(C(=O)NCC(C)(C)c1ccc(Cl)cc1)[C@H](Cc1ccccc1)C(=O)O. The zero-order chi connectivity index (χ0) is 20.0. The molecule has 27 heavy (non-hydrogen) atoms. The fraction of sp³-hybridized carbons (Fsp3) is 0.333. The Kier molecular flexibility index (Phi) is 6.86. The molecule has 0 aliphatic rings. The van der Waals surface area contributed by atoms with Crippen LogP contribution in [0.5, 0.6) is 0 Å². The van der Waals surface area contributed by atoms with Crippen molar-refractivity contribution in [2.45, 2.75) is 31.7 Å². The zero-order valence-corrected chi connectivity index (χ0v) is 16.5. The summed E-state index contributed by atoms with van der Waals surface area (Å²) >= 11 is 5.93. The molecule has 144 valence electrons. The first-order valence-corrected chi connectivity index (χ1v) is 9.12. The second-order valence-electron chi connectivity index (χ2n) is 7.20. The van der Waals surface area contributed by atoms with Crippen molar-refractivity contribution in [2.75, 3.05) is 13.6 Å². The molecule has 2 amide bonds. The molecule has 0 heterocycles. The summed E-state index contributed by atoms with van der Waals surface area (Å²) in [6.45, 7) is 4.39. The topological polar surface area (TPSA) is 69.6 Å². The van der Waals surface area contributed by atoms with Crippen molar-refractivity contribution in [1.82, 2.24) is 10.2 Å². The third-order valence-electron chi connectivity index (χ3n) is 4.65. The van der Waals surface area contributed by atoms with Crippen LogP contribution >= 0.6 is 11.6 Å². The number of aliphatic carboxylic acids is 1. The minimum Gasteiger partial charge on any atom is -0.480 e. The van der Waals surface area contributed by atoms with E-state index in [1.54, 1.807) is 0 Å². The molecule has 1 atom stereocenters. The molecule has 6 heteroatoms. The number of carbonyl (C=O) groups is 2. The van der Waals surface area contributed by atoms with Crippen LogP contribution in [0.15, 0.2) is 54.6 Å². The molecule has 0 unspecified atom stereocenters. The van der Waals surface area contributed by atoms with Crippen molar-refractivity contribution >= 4 is 23.6 Å². The third-order valence-corrected chi connectivity index (χ3v) is 4.90. The summed E-state index contributed by atoms with van der Waals surface area (Å²) in [7, 11) is 1.51. The maximum absolute atomic E-state index is 12.5. The fourth-order valence-electron chi connectivity index (χ4n) is 2.79. The van der Waals surface area contributed by atoms with Crippen LogP contribution in [-0.4, -0.2) is 41.6 Å². The Hall–Kier alpha value is -2.53. The maximum Gasteiger partial charge on any atom is 0.326 e. The smallest absolute Gasteiger partial charge is 0.326 e. The molecular weight excluding hydrogens is 364 g/mol. The van der Waals surface area contributed by atoms with Crippen LogP contribution in [0.1, 0.15) is 25.0 Å². The number of carboxylic acids is 1. The number of nitrogens with one attached hydrogen (secondary N) is 1. The van der Waals surface area contributed by atoms with E-state index in [2.05, 4.69) is 5.32 Å². The van der Waals surface area contributed by atoms with Gasteiger partial charge in [-0.3, -0.25) is 0 Å². The lowest BCUT2D eigenvalue weighted by Crippen LogP contribution is -2.50. The fourth-order valence-corrected chi connectivity index (χ4v) is 2.92. The van der Waals surface area contributed by atoms with E-state index in [4.69, 9.17) is 11.6 Å². The van der Waals surface area contributed by atoms with E-state index in [-0.39, 0.29) is 11.8 Å². The van der Waals surface area contributed by atoms with Gasteiger partial charge in [0.25, 0.3) is 0 Å². The van der Waals surface area contributed by atoms with E-state index in [1.165, 1.54) is 11.9 Å². The number of rotatable bonds is 7. The van der Waals surface area contributed by atoms with Gasteiger partial charge in [0.2, 0.25) is 0 Å². The number of carboxylic acid groups (broad SMARTS) is 1. The molecule has 2 N–H and O–H groups in total. The average Bonchev–Trinajstić information content (AvgIpc) is 2.64. The monoisotopic (exact) mass is 388 g/mol. The zero-order valence-electron chi connectivity index (χ0n) is 15.8. The van der Waals surface area contributed by atoms with Crippen molar-refractivity contribution in [3.05, 3.63) is 70.7 Å². The molecule has 0 aromatic heterocycles. The van der Waals surface area contributed by atoms with Gasteiger partial charge in [-0.2, -0.15) is 0 Å². The number of benzene rings is 2. The Balaban J connectivity index is 2.02. The molecular formula is C21H25ClN2O3. The lowest BCUT2D eigenvalue weighted by atomic mass is 9.85. The summed E-state index contributed by atoms with van der Waals surface area (Å²) in [5.74, 6) is -1.03. The molecule has 0 bridgehead atoms. The Morgan fingerprint density at radius 2 is 1.70 bits per heavy atom. The lowest BCUT2D eigenvalue weighted by Gasteiger charge is -2.29. The van der Waals surface area contributed by atoms with Gasteiger partial charge in [-0.25, -0.2) is 9.59 Å². The molecule has 0 aliphatic carbocycles. The van der Waals surface area contributed by atoms with Crippen LogP contribution in [0.3, 0.4) is 0 Å². The van der Waals surface area contributed by atoms with Crippen molar-refractivity contribution < 1.29 is 14.7 Å². The summed E-state index contributed by atoms with van der Waals surface area (Å²) in [6, 6.07) is 15.4. The number of carbonyl (C=O) groups excluding carboxylic acids is 1. The number of hydrogen-bond acceptors (Lipinski definition) is 2. The highest BCUT2D eigenvalue weighted by atomic mass is 35.5. The number of likely N-dealkylation sites (N-methyl/N-ethyl adjacent to an activating group) is 1. The molecule has 0 fully saturated rings. The first kappa shape index (κ1) is 20.8. The second kappa shape index (κ2) is 8.91. The normalized spacial score (nSPS) is 12.3. The first-order chi connectivity index (χ1) is 12.7. The van der Waals surface area contributed by atoms with Gasteiger partial charge in [0.05, 0.1) is 0 Å². The highest BCUT2D eigenvalue weighted by Crippen LogP contribution is 2.24. The highest BCUT2D eigenvalue weighted by Gasteiger charge is 2.28. The van der Waals surface area contributed by atoms with Gasteiger partial charge in [0.1, 0.15) is 6.04 Å². The number of urea groups is 1. The van der Waals surface area contributed by atoms with Gasteiger partial charge < -0.3 is 15.3 Å². The lowest BCUT2D eigenvalue weighted by molar-refractivity contribution is -0.141. The molecule has 2 aromatic rings. The van der Waals surface area contributed by atoms with E-state index >= 15 is 0 Å². The summed E-state index contributed by atoms with van der Waals surface area (Å²) in [5, 5.41) is 13.1. The van der Waals surface area contributed by atoms with Crippen molar-refractivity contribution in [3.63, 3.8) is 0 Å². The molecule has 0 saturated heterocycles. The van der Waals surface area contributed by atoms with Gasteiger partial charge in [0, 0.05) is 30.5 Å². The van der Waals surface area contributed by atoms with E-state index in [0.717, 1.165) is 11.1 Å². The molecule has 2 aromatic carbocycles. The van der Waals surface area contributed by atoms with Gasteiger partial charge in [-0.1, -0.05) is 67.9 Å². The second-order valence-corrected chi connectivity index (χ2v) is 7.64. The van der Waals surface area contributed by atoms with Crippen molar-refractivity contribution in [2.24, 2.45) is 0 Å². The quantitative estimate of drug-likeness (QED) is 0.754. The van der Waals surface area contributed by atoms with Crippen LogP contribution < -0.4 is 5.32 Å². The molecule has 5 nitrogen and oxygen atoms in total. The summed E-state index contributed by atoms with van der Waals surface area (Å²) in [4.78, 5) is 25.5. The highest BCUT2D eigenvalue weighted by molar-refractivity contribution is 6.30. The minimum absolute atomic E-state index is 0.251. The third kappa shape index (κ3) is 5.73. The van der Waals surface area contributed by atoms with E-state index in [9.17, 15) is 14.7 Å². The number of hydrogen-bond donors (Lipinski definition) is 2. The predicted molar refractivity (Wildman–Crippen MR) is 107 cm³/mol.